The number of hydrogen-bond donors (Lipinski definition) is 1. The second kappa shape index (κ2) is 6.03. The standard InChI is InChI=1S/C15H16BrN3/c1-3-5-18-15-11(8-17)9-19-14-10(4-2)6-12(16)7-13(14)15/h6-7,9H,3-5H2,1-2H3,(H,18,19). The predicted octanol–water partition coefficient (Wildman–Crippen LogP) is 4.25. The molecule has 2 rings (SSSR count). The van der Waals surface area contributed by atoms with Crippen molar-refractivity contribution in [3.8, 4) is 6.07 Å². The molecule has 0 aliphatic carbocycles. The summed E-state index contributed by atoms with van der Waals surface area (Å²) in [7, 11) is 0. The summed E-state index contributed by atoms with van der Waals surface area (Å²) in [5, 5.41) is 13.6. The number of fused-ring (bicyclic) bond motifs is 1. The van der Waals surface area contributed by atoms with E-state index < -0.39 is 0 Å². The first-order valence-corrected chi connectivity index (χ1v) is 7.25. The number of rotatable bonds is 4. The molecule has 0 saturated carbocycles. The van der Waals surface area contributed by atoms with Gasteiger partial charge in [0.15, 0.2) is 0 Å². The van der Waals surface area contributed by atoms with Gasteiger partial charge in [-0.1, -0.05) is 29.8 Å². The van der Waals surface area contributed by atoms with Crippen LogP contribution in [0.3, 0.4) is 0 Å². The van der Waals surface area contributed by atoms with Gasteiger partial charge in [-0.15, -0.1) is 0 Å². The molecule has 19 heavy (non-hydrogen) atoms. The van der Waals surface area contributed by atoms with Gasteiger partial charge in [-0.2, -0.15) is 5.26 Å². The molecule has 1 heterocycles. The number of anilines is 1. The maximum absolute atomic E-state index is 9.23. The average molecular weight is 318 g/mol. The Labute approximate surface area is 121 Å². The monoisotopic (exact) mass is 317 g/mol. The van der Waals surface area contributed by atoms with Crippen LogP contribution in [0.1, 0.15) is 31.4 Å². The first-order chi connectivity index (χ1) is 9.21. The molecule has 0 spiro atoms. The minimum atomic E-state index is 0.598. The van der Waals surface area contributed by atoms with Gasteiger partial charge in [0, 0.05) is 22.6 Å². The van der Waals surface area contributed by atoms with Crippen LogP contribution < -0.4 is 5.32 Å². The maximum atomic E-state index is 9.23. The summed E-state index contributed by atoms with van der Waals surface area (Å²) in [5.74, 6) is 0. The van der Waals surface area contributed by atoms with Crippen LogP contribution in [-0.4, -0.2) is 11.5 Å². The van der Waals surface area contributed by atoms with Crippen molar-refractivity contribution >= 4 is 32.5 Å². The van der Waals surface area contributed by atoms with Crippen molar-refractivity contribution in [2.24, 2.45) is 0 Å². The van der Waals surface area contributed by atoms with E-state index in [9.17, 15) is 5.26 Å². The van der Waals surface area contributed by atoms with Crippen LogP contribution in [0.5, 0.6) is 0 Å². The summed E-state index contributed by atoms with van der Waals surface area (Å²) >= 11 is 3.53. The van der Waals surface area contributed by atoms with Gasteiger partial charge < -0.3 is 5.32 Å². The van der Waals surface area contributed by atoms with Crippen LogP contribution in [0.2, 0.25) is 0 Å². The lowest BCUT2D eigenvalue weighted by molar-refractivity contribution is 0.980. The summed E-state index contributed by atoms with van der Waals surface area (Å²) in [6.45, 7) is 5.07. The average Bonchev–Trinajstić information content (AvgIpc) is 2.43. The van der Waals surface area contributed by atoms with Crippen LogP contribution in [0.4, 0.5) is 5.69 Å². The topological polar surface area (TPSA) is 48.7 Å². The Bertz CT molecular complexity index is 644. The Morgan fingerprint density at radius 2 is 2.16 bits per heavy atom. The lowest BCUT2D eigenvalue weighted by atomic mass is 10.0. The van der Waals surface area contributed by atoms with Gasteiger partial charge in [-0.05, 0) is 30.5 Å². The predicted molar refractivity (Wildman–Crippen MR) is 82.3 cm³/mol. The molecule has 1 aromatic carbocycles. The number of pyridine rings is 1. The van der Waals surface area contributed by atoms with Crippen molar-refractivity contribution in [2.75, 3.05) is 11.9 Å². The van der Waals surface area contributed by atoms with Gasteiger partial charge in [0.05, 0.1) is 16.8 Å². The minimum Gasteiger partial charge on any atom is -0.383 e. The zero-order valence-electron chi connectivity index (χ0n) is 11.1. The van der Waals surface area contributed by atoms with E-state index in [0.717, 1.165) is 40.4 Å². The van der Waals surface area contributed by atoms with Crippen molar-refractivity contribution in [2.45, 2.75) is 26.7 Å². The van der Waals surface area contributed by atoms with E-state index in [2.05, 4.69) is 52.2 Å². The number of benzene rings is 1. The quantitative estimate of drug-likeness (QED) is 0.916. The summed E-state index contributed by atoms with van der Waals surface area (Å²) in [6, 6.07) is 6.33. The zero-order valence-corrected chi connectivity index (χ0v) is 12.7. The molecule has 0 aliphatic heterocycles. The third-order valence-corrected chi connectivity index (χ3v) is 3.53. The number of nitriles is 1. The van der Waals surface area contributed by atoms with Gasteiger partial charge >= 0.3 is 0 Å². The molecular formula is C15H16BrN3. The number of halogens is 1. The van der Waals surface area contributed by atoms with E-state index in [-0.39, 0.29) is 0 Å². The number of aromatic nitrogens is 1. The van der Waals surface area contributed by atoms with Crippen molar-refractivity contribution in [3.63, 3.8) is 0 Å². The van der Waals surface area contributed by atoms with Gasteiger partial charge in [-0.25, -0.2) is 0 Å². The zero-order chi connectivity index (χ0) is 13.8. The molecular weight excluding hydrogens is 302 g/mol. The molecule has 0 fully saturated rings. The SMILES string of the molecule is CCCNc1c(C#N)cnc2c(CC)cc(Br)cc12. The van der Waals surface area contributed by atoms with E-state index in [0.29, 0.717) is 5.56 Å². The van der Waals surface area contributed by atoms with Crippen LogP contribution in [-0.2, 0) is 6.42 Å². The lowest BCUT2D eigenvalue weighted by Crippen LogP contribution is -2.04. The second-order valence-electron chi connectivity index (χ2n) is 4.40. The molecule has 0 unspecified atom stereocenters. The van der Waals surface area contributed by atoms with Crippen molar-refractivity contribution in [3.05, 3.63) is 33.9 Å². The van der Waals surface area contributed by atoms with Gasteiger partial charge in [-0.3, -0.25) is 4.98 Å². The number of nitrogens with zero attached hydrogens (tertiary/aromatic N) is 2. The Balaban J connectivity index is 2.73. The number of hydrogen-bond acceptors (Lipinski definition) is 3. The molecule has 3 nitrogen and oxygen atoms in total. The fourth-order valence-electron chi connectivity index (χ4n) is 2.13. The first-order valence-electron chi connectivity index (χ1n) is 6.46. The van der Waals surface area contributed by atoms with Crippen LogP contribution in [0.15, 0.2) is 22.8 Å². The van der Waals surface area contributed by atoms with Gasteiger partial charge in [0.25, 0.3) is 0 Å². The molecule has 1 aromatic heterocycles. The highest BCUT2D eigenvalue weighted by Gasteiger charge is 2.11. The van der Waals surface area contributed by atoms with E-state index in [1.54, 1.807) is 6.20 Å². The second-order valence-corrected chi connectivity index (χ2v) is 5.32. The third kappa shape index (κ3) is 2.71. The smallest absolute Gasteiger partial charge is 0.103 e. The highest BCUT2D eigenvalue weighted by atomic mass is 79.9. The van der Waals surface area contributed by atoms with Crippen molar-refractivity contribution in [1.82, 2.24) is 4.98 Å². The van der Waals surface area contributed by atoms with E-state index in [1.807, 2.05) is 6.07 Å². The van der Waals surface area contributed by atoms with Gasteiger partial charge in [0.2, 0.25) is 0 Å². The molecule has 0 atom stereocenters. The van der Waals surface area contributed by atoms with Crippen LogP contribution in [0, 0.1) is 11.3 Å². The van der Waals surface area contributed by atoms with E-state index in [4.69, 9.17) is 0 Å². The van der Waals surface area contributed by atoms with E-state index >= 15 is 0 Å². The van der Waals surface area contributed by atoms with Crippen LogP contribution in [0.25, 0.3) is 10.9 Å². The summed E-state index contributed by atoms with van der Waals surface area (Å²) in [6.07, 6.45) is 3.60. The highest BCUT2D eigenvalue weighted by Crippen LogP contribution is 2.31. The largest absolute Gasteiger partial charge is 0.383 e. The molecule has 4 heteroatoms. The lowest BCUT2D eigenvalue weighted by Gasteiger charge is -2.13. The fourth-order valence-corrected chi connectivity index (χ4v) is 2.64. The molecule has 98 valence electrons. The molecule has 1 N–H and O–H groups in total. The Hall–Kier alpha value is -1.60. The first kappa shape index (κ1) is 13.8. The number of nitrogens with one attached hydrogen (secondary N) is 1. The van der Waals surface area contributed by atoms with Gasteiger partial charge in [0.1, 0.15) is 6.07 Å². The Kier molecular flexibility index (Phi) is 4.39. The Morgan fingerprint density at radius 1 is 1.37 bits per heavy atom. The van der Waals surface area contributed by atoms with Crippen LogP contribution >= 0.6 is 15.9 Å². The normalized spacial score (nSPS) is 10.4. The van der Waals surface area contributed by atoms with Crippen molar-refractivity contribution in [1.29, 1.82) is 5.26 Å². The fraction of sp³-hybridized carbons (Fsp3) is 0.333. The number of aryl methyl sites for hydroxylation is 1. The van der Waals surface area contributed by atoms with E-state index in [1.165, 1.54) is 5.56 Å². The summed E-state index contributed by atoms with van der Waals surface area (Å²) in [4.78, 5) is 4.45. The van der Waals surface area contributed by atoms with Crippen molar-refractivity contribution < 1.29 is 0 Å². The third-order valence-electron chi connectivity index (χ3n) is 3.07. The summed E-state index contributed by atoms with van der Waals surface area (Å²) < 4.78 is 1.02. The maximum Gasteiger partial charge on any atom is 0.103 e. The minimum absolute atomic E-state index is 0.598. The molecule has 0 saturated heterocycles. The molecule has 0 amide bonds. The molecule has 0 bridgehead atoms. The Morgan fingerprint density at radius 3 is 2.79 bits per heavy atom. The molecule has 2 aromatic rings. The highest BCUT2D eigenvalue weighted by molar-refractivity contribution is 9.10. The molecule has 0 radical (unpaired) electrons. The molecule has 0 aliphatic rings. The summed E-state index contributed by atoms with van der Waals surface area (Å²) in [5.41, 5.74) is 3.66.